The summed E-state index contributed by atoms with van der Waals surface area (Å²) in [5, 5.41) is 13.6. The number of carbonyl (C=O) groups is 1. The average Bonchev–Trinajstić information content (AvgIpc) is 2.38. The minimum Gasteiger partial charge on any atom is -0.487 e. The Bertz CT molecular complexity index is 476. The van der Waals surface area contributed by atoms with E-state index in [1.165, 1.54) is 18.2 Å². The highest BCUT2D eigenvalue weighted by Crippen LogP contribution is 2.27. The molecule has 3 N–H and O–H groups in total. The third-order valence-corrected chi connectivity index (χ3v) is 2.45. The molecule has 1 aromatic rings. The molecule has 1 atom stereocenters. The summed E-state index contributed by atoms with van der Waals surface area (Å²) in [6.07, 6.45) is 0. The number of nitrogens with two attached hydrogens (primary N) is 1. The molecular weight excluding hydrogens is 250 g/mol. The number of nitro groups is 1. The molecule has 19 heavy (non-hydrogen) atoms. The van der Waals surface area contributed by atoms with Crippen LogP contribution in [-0.2, 0) is 0 Å². The zero-order valence-electron chi connectivity index (χ0n) is 10.9. The Morgan fingerprint density at radius 1 is 1.58 bits per heavy atom. The normalized spacial score (nSPS) is 11.7. The van der Waals surface area contributed by atoms with E-state index in [1.54, 1.807) is 13.8 Å². The summed E-state index contributed by atoms with van der Waals surface area (Å²) in [5.74, 6) is -0.250. The van der Waals surface area contributed by atoms with E-state index in [0.29, 0.717) is 13.2 Å². The van der Waals surface area contributed by atoms with Gasteiger partial charge in [0.2, 0.25) is 0 Å². The van der Waals surface area contributed by atoms with E-state index < -0.39 is 10.8 Å². The zero-order chi connectivity index (χ0) is 14.4. The third-order valence-electron chi connectivity index (χ3n) is 2.45. The largest absolute Gasteiger partial charge is 0.487 e. The summed E-state index contributed by atoms with van der Waals surface area (Å²) in [4.78, 5) is 22.2. The lowest BCUT2D eigenvalue weighted by atomic mass is 10.1. The minimum atomic E-state index is -0.575. The van der Waals surface area contributed by atoms with Crippen LogP contribution in [-0.4, -0.2) is 30.0 Å². The first kappa shape index (κ1) is 14.9. The molecule has 0 bridgehead atoms. The van der Waals surface area contributed by atoms with Crippen LogP contribution in [0.25, 0.3) is 0 Å². The van der Waals surface area contributed by atoms with Crippen molar-refractivity contribution in [3.05, 3.63) is 33.9 Å². The number of amides is 1. The fourth-order valence-electron chi connectivity index (χ4n) is 1.44. The Balaban J connectivity index is 3.01. The maximum absolute atomic E-state index is 11.8. The van der Waals surface area contributed by atoms with Crippen molar-refractivity contribution in [2.24, 2.45) is 5.73 Å². The molecule has 1 aromatic carbocycles. The first-order valence-corrected chi connectivity index (χ1v) is 5.91. The molecule has 1 rings (SSSR count). The third kappa shape index (κ3) is 3.92. The van der Waals surface area contributed by atoms with Gasteiger partial charge < -0.3 is 15.8 Å². The van der Waals surface area contributed by atoms with Gasteiger partial charge in [0.25, 0.3) is 5.91 Å². The monoisotopic (exact) mass is 267 g/mol. The van der Waals surface area contributed by atoms with Crippen LogP contribution >= 0.6 is 0 Å². The maximum atomic E-state index is 11.8. The second kappa shape index (κ2) is 6.69. The van der Waals surface area contributed by atoms with Crippen LogP contribution in [0.1, 0.15) is 24.2 Å². The molecular formula is C12H17N3O4. The van der Waals surface area contributed by atoms with E-state index in [9.17, 15) is 14.9 Å². The van der Waals surface area contributed by atoms with Gasteiger partial charge in [-0.05, 0) is 26.0 Å². The minimum absolute atomic E-state index is 0.149. The predicted octanol–water partition coefficient (Wildman–Crippen LogP) is 1.07. The molecule has 0 spiro atoms. The van der Waals surface area contributed by atoms with Gasteiger partial charge in [0, 0.05) is 24.2 Å². The predicted molar refractivity (Wildman–Crippen MR) is 70.2 cm³/mol. The van der Waals surface area contributed by atoms with E-state index >= 15 is 0 Å². The number of ether oxygens (including phenoxy) is 1. The van der Waals surface area contributed by atoms with Crippen LogP contribution in [0, 0.1) is 10.1 Å². The molecule has 0 saturated carbocycles. The van der Waals surface area contributed by atoms with Crippen molar-refractivity contribution >= 4 is 11.6 Å². The van der Waals surface area contributed by atoms with E-state index in [0.717, 1.165) is 0 Å². The fourth-order valence-corrected chi connectivity index (χ4v) is 1.44. The van der Waals surface area contributed by atoms with Gasteiger partial charge in [-0.1, -0.05) is 0 Å². The van der Waals surface area contributed by atoms with Gasteiger partial charge in [0.05, 0.1) is 11.5 Å². The van der Waals surface area contributed by atoms with Crippen LogP contribution in [0.2, 0.25) is 0 Å². The van der Waals surface area contributed by atoms with E-state index in [1.807, 2.05) is 0 Å². The highest BCUT2D eigenvalue weighted by molar-refractivity contribution is 5.95. The summed E-state index contributed by atoms with van der Waals surface area (Å²) in [7, 11) is 0. The number of nitrogens with zero attached hydrogens (tertiary/aromatic N) is 1. The molecule has 0 aliphatic carbocycles. The molecule has 7 heteroatoms. The molecule has 0 heterocycles. The van der Waals surface area contributed by atoms with Crippen LogP contribution in [0.3, 0.4) is 0 Å². The van der Waals surface area contributed by atoms with Crippen LogP contribution in [0.15, 0.2) is 18.2 Å². The number of carbonyl (C=O) groups excluding carboxylic acids is 1. The van der Waals surface area contributed by atoms with Crippen molar-refractivity contribution in [1.29, 1.82) is 0 Å². The summed E-state index contributed by atoms with van der Waals surface area (Å²) < 4.78 is 5.14. The SMILES string of the molecule is CCOc1ccc(C(=O)N[C@@H](C)CN)cc1[N+](=O)[O-]. The number of rotatable bonds is 6. The Morgan fingerprint density at radius 3 is 2.79 bits per heavy atom. The van der Waals surface area contributed by atoms with E-state index in [2.05, 4.69) is 5.32 Å². The molecule has 0 fully saturated rings. The summed E-state index contributed by atoms with van der Waals surface area (Å²) in [6, 6.07) is 3.90. The van der Waals surface area contributed by atoms with E-state index in [-0.39, 0.29) is 23.0 Å². The van der Waals surface area contributed by atoms with Crippen molar-refractivity contribution in [2.75, 3.05) is 13.2 Å². The standard InChI is InChI=1S/C12H17N3O4/c1-3-19-11-5-4-9(6-10(11)15(17)18)12(16)14-8(2)7-13/h4-6,8H,3,7,13H2,1-2H3,(H,14,16)/t8-/m0/s1. The number of benzene rings is 1. The second-order valence-electron chi connectivity index (χ2n) is 3.98. The summed E-state index contributed by atoms with van der Waals surface area (Å²) in [6.45, 7) is 4.09. The second-order valence-corrected chi connectivity index (χ2v) is 3.98. The topological polar surface area (TPSA) is 107 Å². The first-order chi connectivity index (χ1) is 8.99. The van der Waals surface area contributed by atoms with Gasteiger partial charge in [0.1, 0.15) is 0 Å². The highest BCUT2D eigenvalue weighted by Gasteiger charge is 2.19. The molecule has 0 saturated heterocycles. The Hall–Kier alpha value is -2.15. The summed E-state index contributed by atoms with van der Waals surface area (Å²) in [5.41, 5.74) is 5.37. The molecule has 0 aliphatic rings. The molecule has 0 unspecified atom stereocenters. The maximum Gasteiger partial charge on any atom is 0.311 e. The summed E-state index contributed by atoms with van der Waals surface area (Å²) >= 11 is 0. The number of nitrogens with one attached hydrogen (secondary N) is 1. The van der Waals surface area contributed by atoms with Gasteiger partial charge in [-0.2, -0.15) is 0 Å². The van der Waals surface area contributed by atoms with Crippen molar-refractivity contribution in [3.63, 3.8) is 0 Å². The molecule has 7 nitrogen and oxygen atoms in total. The zero-order valence-corrected chi connectivity index (χ0v) is 10.9. The van der Waals surface area contributed by atoms with Gasteiger partial charge in [-0.3, -0.25) is 14.9 Å². The van der Waals surface area contributed by atoms with Crippen molar-refractivity contribution in [2.45, 2.75) is 19.9 Å². The molecule has 104 valence electrons. The fraction of sp³-hybridized carbons (Fsp3) is 0.417. The lowest BCUT2D eigenvalue weighted by Crippen LogP contribution is -2.37. The molecule has 0 aliphatic heterocycles. The van der Waals surface area contributed by atoms with Gasteiger partial charge in [-0.25, -0.2) is 0 Å². The van der Waals surface area contributed by atoms with Crippen molar-refractivity contribution in [3.8, 4) is 5.75 Å². The average molecular weight is 267 g/mol. The number of hydrogen-bond acceptors (Lipinski definition) is 5. The van der Waals surface area contributed by atoms with Crippen molar-refractivity contribution in [1.82, 2.24) is 5.32 Å². The van der Waals surface area contributed by atoms with E-state index in [4.69, 9.17) is 10.5 Å². The number of hydrogen-bond donors (Lipinski definition) is 2. The Labute approximate surface area is 110 Å². The first-order valence-electron chi connectivity index (χ1n) is 5.91. The van der Waals surface area contributed by atoms with Crippen LogP contribution in [0.5, 0.6) is 5.75 Å². The molecule has 1 amide bonds. The van der Waals surface area contributed by atoms with Gasteiger partial charge in [-0.15, -0.1) is 0 Å². The van der Waals surface area contributed by atoms with Gasteiger partial charge in [0.15, 0.2) is 5.75 Å². The lowest BCUT2D eigenvalue weighted by Gasteiger charge is -2.11. The quantitative estimate of drug-likeness (QED) is 0.592. The van der Waals surface area contributed by atoms with Crippen LogP contribution in [0.4, 0.5) is 5.69 Å². The Morgan fingerprint density at radius 2 is 2.26 bits per heavy atom. The van der Waals surface area contributed by atoms with Gasteiger partial charge >= 0.3 is 5.69 Å². The number of nitro benzene ring substituents is 1. The van der Waals surface area contributed by atoms with Crippen molar-refractivity contribution < 1.29 is 14.5 Å². The molecule has 0 radical (unpaired) electrons. The van der Waals surface area contributed by atoms with Crippen LogP contribution < -0.4 is 15.8 Å². The Kier molecular flexibility index (Phi) is 5.25. The smallest absolute Gasteiger partial charge is 0.311 e. The lowest BCUT2D eigenvalue weighted by molar-refractivity contribution is -0.385. The molecule has 0 aromatic heterocycles. The highest BCUT2D eigenvalue weighted by atomic mass is 16.6.